The molecule has 0 saturated heterocycles. The van der Waals surface area contributed by atoms with Gasteiger partial charge in [-0.25, -0.2) is 22.8 Å². The van der Waals surface area contributed by atoms with Crippen molar-refractivity contribution in [3.8, 4) is 17.1 Å². The predicted octanol–water partition coefficient (Wildman–Crippen LogP) is 5.47. The lowest BCUT2D eigenvalue weighted by Gasteiger charge is -2.66. The highest BCUT2D eigenvalue weighted by molar-refractivity contribution is 5.89. The number of esters is 3. The maximum atomic E-state index is 14.2. The summed E-state index contributed by atoms with van der Waals surface area (Å²) in [6, 6.07) is 5.74. The molecule has 1 aliphatic heterocycles. The van der Waals surface area contributed by atoms with Gasteiger partial charge < -0.3 is 28.5 Å². The Balaban J connectivity index is 1.51. The molecular formula is C36H36F3NO10. The summed E-state index contributed by atoms with van der Waals surface area (Å²) >= 11 is 0. The lowest BCUT2D eigenvalue weighted by molar-refractivity contribution is -0.266. The van der Waals surface area contributed by atoms with E-state index in [9.17, 15) is 37.5 Å². The monoisotopic (exact) mass is 699 g/mol. The van der Waals surface area contributed by atoms with Gasteiger partial charge in [-0.05, 0) is 61.8 Å². The van der Waals surface area contributed by atoms with E-state index in [1.807, 2.05) is 6.92 Å². The Labute approximate surface area is 284 Å². The highest BCUT2D eigenvalue weighted by Gasteiger charge is 2.71. The van der Waals surface area contributed by atoms with E-state index in [0.29, 0.717) is 24.1 Å². The summed E-state index contributed by atoms with van der Waals surface area (Å²) in [4.78, 5) is 55.6. The van der Waals surface area contributed by atoms with Crippen LogP contribution in [0.2, 0.25) is 0 Å². The first-order chi connectivity index (χ1) is 23.5. The maximum absolute atomic E-state index is 14.2. The van der Waals surface area contributed by atoms with Gasteiger partial charge in [0, 0.05) is 49.2 Å². The summed E-state index contributed by atoms with van der Waals surface area (Å²) in [6.45, 7) is 7.50. The molecule has 50 heavy (non-hydrogen) atoms. The van der Waals surface area contributed by atoms with Crippen molar-refractivity contribution in [3.05, 3.63) is 81.7 Å². The van der Waals surface area contributed by atoms with E-state index in [2.05, 4.69) is 4.98 Å². The van der Waals surface area contributed by atoms with Crippen LogP contribution >= 0.6 is 0 Å². The average Bonchev–Trinajstić information content (AvgIpc) is 3.04. The van der Waals surface area contributed by atoms with Crippen molar-refractivity contribution in [2.75, 3.05) is 6.61 Å². The number of benzene rings is 1. The highest BCUT2D eigenvalue weighted by atomic mass is 19.2. The van der Waals surface area contributed by atoms with Crippen LogP contribution in [0.4, 0.5) is 13.2 Å². The number of carbonyl (C=O) groups excluding carboxylic acids is 3. The molecule has 0 bridgehead atoms. The number of fused-ring (bicyclic) bond motifs is 4. The number of pyridine rings is 1. The SMILES string of the molecule is CC(=O)OCC1(C)C2C[C@H](OC(=O)c3cc(F)c(F)c(F)c3)[C@@]3(C)Oc4cc(-c5cccnc5)oc(=O)c4[C@H](O)C3[C@@]2(C)CC[C@@H]1OC(C)=O. The summed E-state index contributed by atoms with van der Waals surface area (Å²) in [5.74, 6) is -8.95. The zero-order chi connectivity index (χ0) is 36.3. The Morgan fingerprint density at radius 2 is 1.72 bits per heavy atom. The Kier molecular flexibility index (Phi) is 8.82. The van der Waals surface area contributed by atoms with Gasteiger partial charge in [-0.15, -0.1) is 0 Å². The topological polar surface area (TPSA) is 151 Å². The normalized spacial score (nSPS) is 31.3. The summed E-state index contributed by atoms with van der Waals surface area (Å²) in [6.07, 6.45) is -0.0414. The van der Waals surface area contributed by atoms with E-state index >= 15 is 0 Å². The second-order valence-electron chi connectivity index (χ2n) is 14.0. The molecule has 2 fully saturated rings. The number of aliphatic hydroxyl groups is 1. The Morgan fingerprint density at radius 3 is 2.34 bits per heavy atom. The number of hydrogen-bond acceptors (Lipinski definition) is 11. The third-order valence-electron chi connectivity index (χ3n) is 10.9. The van der Waals surface area contributed by atoms with Crippen molar-refractivity contribution in [1.82, 2.24) is 4.98 Å². The van der Waals surface area contributed by atoms with Gasteiger partial charge in [0.25, 0.3) is 0 Å². The quantitative estimate of drug-likeness (QED) is 0.198. The van der Waals surface area contributed by atoms with Gasteiger partial charge in [0.15, 0.2) is 17.5 Å². The lowest BCUT2D eigenvalue weighted by Crippen LogP contribution is -2.71. The van der Waals surface area contributed by atoms with Crippen LogP contribution in [0.15, 0.2) is 51.9 Å². The van der Waals surface area contributed by atoms with Crippen molar-refractivity contribution in [2.45, 2.75) is 77.8 Å². The number of halogens is 3. The van der Waals surface area contributed by atoms with Crippen LogP contribution in [-0.2, 0) is 23.8 Å². The second-order valence-corrected chi connectivity index (χ2v) is 14.0. The Morgan fingerprint density at radius 1 is 1.02 bits per heavy atom. The molecule has 2 saturated carbocycles. The lowest BCUT2D eigenvalue weighted by atomic mass is 9.42. The molecule has 266 valence electrons. The van der Waals surface area contributed by atoms with Crippen LogP contribution in [0.1, 0.15) is 75.9 Å². The first-order valence-electron chi connectivity index (χ1n) is 16.1. The van der Waals surface area contributed by atoms with Crippen molar-refractivity contribution in [1.29, 1.82) is 0 Å². The summed E-state index contributed by atoms with van der Waals surface area (Å²) in [5.41, 5.74) is -4.89. The van der Waals surface area contributed by atoms with E-state index in [1.54, 1.807) is 26.0 Å². The van der Waals surface area contributed by atoms with Crippen molar-refractivity contribution in [3.63, 3.8) is 0 Å². The minimum Gasteiger partial charge on any atom is -0.482 e. The summed E-state index contributed by atoms with van der Waals surface area (Å²) in [5, 5.41) is 12.2. The van der Waals surface area contributed by atoms with E-state index in [-0.39, 0.29) is 36.5 Å². The zero-order valence-electron chi connectivity index (χ0n) is 28.0. The third-order valence-corrected chi connectivity index (χ3v) is 10.9. The van der Waals surface area contributed by atoms with E-state index < -0.39 is 93.1 Å². The number of carbonyl (C=O) groups is 3. The molecule has 8 atom stereocenters. The van der Waals surface area contributed by atoms with Gasteiger partial charge in [0.05, 0.1) is 11.7 Å². The predicted molar refractivity (Wildman–Crippen MR) is 167 cm³/mol. The number of nitrogens with zero attached hydrogens (tertiary/aromatic N) is 1. The maximum Gasteiger partial charge on any atom is 0.345 e. The number of ether oxygens (including phenoxy) is 4. The van der Waals surface area contributed by atoms with Crippen molar-refractivity contribution in [2.24, 2.45) is 22.7 Å². The standard InChI is InChI=1S/C36H36F3NO10/c1-17(41)46-16-35(4)25-14-27(49-32(44)20-11-21(37)29(39)22(38)12-20)36(5)31(34(25,3)9-8-26(35)47-18(2)42)30(43)28-24(50-36)13-23(48-33(28)45)19-7-6-10-40-15-19/h6-7,10-13,15,25-27,30-31,43H,8-9,14,16H2,1-5H3/t25?,26-,27-,30-,31?,34-,35?,36+/m0/s1. The van der Waals surface area contributed by atoms with Crippen LogP contribution < -0.4 is 10.4 Å². The fourth-order valence-corrected chi connectivity index (χ4v) is 8.71. The molecular weight excluding hydrogens is 663 g/mol. The molecule has 3 aromatic rings. The fraction of sp³-hybridized carbons (Fsp3) is 0.472. The molecule has 14 heteroatoms. The molecule has 1 aromatic carbocycles. The van der Waals surface area contributed by atoms with Gasteiger partial charge in [-0.3, -0.25) is 14.6 Å². The van der Waals surface area contributed by atoms with Gasteiger partial charge in [0.2, 0.25) is 0 Å². The smallest absolute Gasteiger partial charge is 0.345 e. The molecule has 3 unspecified atom stereocenters. The van der Waals surface area contributed by atoms with E-state index in [4.69, 9.17) is 23.4 Å². The van der Waals surface area contributed by atoms with Gasteiger partial charge in [0.1, 0.15) is 41.5 Å². The zero-order valence-corrected chi connectivity index (χ0v) is 28.0. The molecule has 3 aliphatic rings. The first-order valence-corrected chi connectivity index (χ1v) is 16.1. The first kappa shape index (κ1) is 35.1. The molecule has 6 rings (SSSR count). The van der Waals surface area contributed by atoms with Gasteiger partial charge >= 0.3 is 23.5 Å². The Bertz CT molecular complexity index is 1900. The molecule has 2 aromatic heterocycles. The van der Waals surface area contributed by atoms with E-state index in [0.717, 1.165) is 0 Å². The van der Waals surface area contributed by atoms with Crippen LogP contribution in [-0.4, -0.2) is 52.4 Å². The largest absolute Gasteiger partial charge is 0.482 e. The van der Waals surface area contributed by atoms with Gasteiger partial charge in [-0.1, -0.05) is 13.8 Å². The van der Waals surface area contributed by atoms with Crippen molar-refractivity contribution < 1.29 is 56.0 Å². The minimum atomic E-state index is -1.76. The van der Waals surface area contributed by atoms with Crippen LogP contribution in [0.3, 0.4) is 0 Å². The molecule has 11 nitrogen and oxygen atoms in total. The average molecular weight is 700 g/mol. The number of aromatic nitrogens is 1. The van der Waals surface area contributed by atoms with Crippen LogP contribution in [0.5, 0.6) is 5.75 Å². The summed E-state index contributed by atoms with van der Waals surface area (Å²) in [7, 11) is 0. The highest BCUT2D eigenvalue weighted by Crippen LogP contribution is 2.67. The molecule has 0 spiro atoms. The second kappa shape index (κ2) is 12.6. The molecule has 2 aliphatic carbocycles. The van der Waals surface area contributed by atoms with Crippen LogP contribution in [0.25, 0.3) is 11.3 Å². The third kappa shape index (κ3) is 5.72. The van der Waals surface area contributed by atoms with Crippen LogP contribution in [0, 0.1) is 40.1 Å². The van der Waals surface area contributed by atoms with Gasteiger partial charge in [-0.2, -0.15) is 0 Å². The number of hydrogen-bond donors (Lipinski definition) is 1. The minimum absolute atomic E-state index is 0.0319. The Hall–Kier alpha value is -4.72. The number of rotatable bonds is 6. The summed E-state index contributed by atoms with van der Waals surface area (Å²) < 4.78 is 71.7. The van der Waals surface area contributed by atoms with E-state index in [1.165, 1.54) is 32.3 Å². The van der Waals surface area contributed by atoms with Crippen molar-refractivity contribution >= 4 is 17.9 Å². The fourth-order valence-electron chi connectivity index (χ4n) is 8.71. The number of aliphatic hydroxyl groups excluding tert-OH is 1. The molecule has 0 amide bonds. The molecule has 1 N–H and O–H groups in total. The molecule has 0 radical (unpaired) electrons. The molecule has 3 heterocycles.